The minimum absolute atomic E-state index is 0.0518. The fraction of sp³-hybridized carbons (Fsp3) is 0.267. The van der Waals surface area contributed by atoms with E-state index in [1.165, 1.54) is 18.2 Å². The molecular formula is C15H16O7S2. The summed E-state index contributed by atoms with van der Waals surface area (Å²) in [5.74, 6) is 0. The van der Waals surface area contributed by atoms with Gasteiger partial charge in [0.25, 0.3) is 20.2 Å². The second-order valence-electron chi connectivity index (χ2n) is 5.05. The van der Waals surface area contributed by atoms with Crippen LogP contribution < -0.4 is 0 Å². The maximum absolute atomic E-state index is 12.4. The molecule has 9 heteroatoms. The van der Waals surface area contributed by atoms with Gasteiger partial charge >= 0.3 is 0 Å². The van der Waals surface area contributed by atoms with Gasteiger partial charge in [-0.25, -0.2) is 0 Å². The Morgan fingerprint density at radius 1 is 1.08 bits per heavy atom. The van der Waals surface area contributed by atoms with Gasteiger partial charge in [0.15, 0.2) is 6.29 Å². The van der Waals surface area contributed by atoms with Crippen molar-refractivity contribution in [3.05, 3.63) is 35.9 Å². The van der Waals surface area contributed by atoms with E-state index >= 15 is 0 Å². The Labute approximate surface area is 140 Å². The molecule has 130 valence electrons. The first-order chi connectivity index (χ1) is 11.2. The summed E-state index contributed by atoms with van der Waals surface area (Å²) >= 11 is 0. The molecule has 0 heterocycles. The highest BCUT2D eigenvalue weighted by atomic mass is 32.2. The predicted molar refractivity (Wildman–Crippen MR) is 87.2 cm³/mol. The molecule has 0 bridgehead atoms. The Morgan fingerprint density at radius 3 is 2.25 bits per heavy atom. The van der Waals surface area contributed by atoms with Crippen molar-refractivity contribution in [3.8, 4) is 0 Å². The van der Waals surface area contributed by atoms with E-state index in [0.717, 1.165) is 12.5 Å². The van der Waals surface area contributed by atoms with Crippen LogP contribution in [0.25, 0.3) is 10.8 Å². The first-order valence-corrected chi connectivity index (χ1v) is 9.95. The summed E-state index contributed by atoms with van der Waals surface area (Å²) in [5.41, 5.74) is -0.305. The van der Waals surface area contributed by atoms with Gasteiger partial charge in [-0.05, 0) is 17.9 Å². The Morgan fingerprint density at radius 2 is 1.71 bits per heavy atom. The van der Waals surface area contributed by atoms with E-state index < -0.39 is 30.0 Å². The van der Waals surface area contributed by atoms with Crippen LogP contribution in [0.2, 0.25) is 0 Å². The lowest BCUT2D eigenvalue weighted by Crippen LogP contribution is -2.11. The van der Waals surface area contributed by atoms with E-state index in [0.29, 0.717) is 6.42 Å². The molecule has 1 N–H and O–H groups in total. The number of hydrogen-bond acceptors (Lipinski definition) is 6. The van der Waals surface area contributed by atoms with Crippen LogP contribution in [0.1, 0.15) is 30.1 Å². The molecule has 7 nitrogen and oxygen atoms in total. The van der Waals surface area contributed by atoms with Crippen molar-refractivity contribution in [1.82, 2.24) is 0 Å². The summed E-state index contributed by atoms with van der Waals surface area (Å²) in [6.45, 7) is 1.81. The van der Waals surface area contributed by atoms with Crippen LogP contribution in [0.15, 0.2) is 40.1 Å². The van der Waals surface area contributed by atoms with Crippen LogP contribution in [0.3, 0.4) is 0 Å². The molecule has 0 aromatic heterocycles. The molecule has 0 saturated carbocycles. The van der Waals surface area contributed by atoms with Gasteiger partial charge in [-0.15, -0.1) is 0 Å². The van der Waals surface area contributed by atoms with Crippen molar-refractivity contribution in [2.24, 2.45) is 0 Å². The van der Waals surface area contributed by atoms with E-state index in [-0.39, 0.29) is 29.2 Å². The molecule has 0 radical (unpaired) electrons. The van der Waals surface area contributed by atoms with Crippen LogP contribution in [0.4, 0.5) is 0 Å². The second kappa shape index (κ2) is 6.98. The largest absolute Gasteiger partial charge is 0.298 e. The van der Waals surface area contributed by atoms with Crippen molar-refractivity contribution in [2.45, 2.75) is 29.6 Å². The van der Waals surface area contributed by atoms with Gasteiger partial charge in [0.2, 0.25) is 0 Å². The quantitative estimate of drug-likeness (QED) is 0.343. The molecule has 0 unspecified atom stereocenters. The van der Waals surface area contributed by atoms with E-state index in [1.807, 2.05) is 6.92 Å². The zero-order valence-electron chi connectivity index (χ0n) is 12.8. The molecule has 2 aromatic carbocycles. The van der Waals surface area contributed by atoms with Crippen LogP contribution >= 0.6 is 0 Å². The molecule has 0 saturated heterocycles. The molecule has 0 fully saturated rings. The number of unbranched alkanes of at least 4 members (excludes halogenated alkanes) is 1. The molecule has 0 spiro atoms. The summed E-state index contributed by atoms with van der Waals surface area (Å²) in [6.07, 6.45) is 1.49. The highest BCUT2D eigenvalue weighted by molar-refractivity contribution is 7.87. The van der Waals surface area contributed by atoms with Crippen molar-refractivity contribution in [2.75, 3.05) is 6.61 Å². The summed E-state index contributed by atoms with van der Waals surface area (Å²) in [5, 5.41) is 0.240. The third kappa shape index (κ3) is 3.64. The topological polar surface area (TPSA) is 115 Å². The summed E-state index contributed by atoms with van der Waals surface area (Å²) < 4.78 is 62.2. The van der Waals surface area contributed by atoms with Gasteiger partial charge in [-0.1, -0.05) is 37.6 Å². The molecule has 2 rings (SSSR count). The van der Waals surface area contributed by atoms with Gasteiger partial charge in [0.05, 0.1) is 6.61 Å². The highest BCUT2D eigenvalue weighted by Gasteiger charge is 2.26. The van der Waals surface area contributed by atoms with Crippen LogP contribution in [-0.4, -0.2) is 34.3 Å². The SMILES string of the molecule is CCCCOS(=O)(=O)c1cc(S(=O)(=O)O)c(C=O)c2ccccc12. The lowest BCUT2D eigenvalue weighted by atomic mass is 10.1. The molecule has 2 aromatic rings. The number of carbonyl (C=O) groups excluding carboxylic acids is 1. The fourth-order valence-corrected chi connectivity index (χ4v) is 4.21. The first-order valence-electron chi connectivity index (χ1n) is 7.10. The minimum Gasteiger partial charge on any atom is -0.298 e. The molecule has 24 heavy (non-hydrogen) atoms. The van der Waals surface area contributed by atoms with Gasteiger partial charge in [0, 0.05) is 10.9 Å². The molecular weight excluding hydrogens is 356 g/mol. The smallest absolute Gasteiger partial charge is 0.297 e. The Kier molecular flexibility index (Phi) is 5.38. The average molecular weight is 372 g/mol. The summed E-state index contributed by atoms with van der Waals surface area (Å²) in [7, 11) is -9.05. The fourth-order valence-electron chi connectivity index (χ4n) is 2.26. The number of carbonyl (C=O) groups is 1. The summed E-state index contributed by atoms with van der Waals surface area (Å²) in [4.78, 5) is 10.1. The number of aldehydes is 1. The Hall–Kier alpha value is -1.81. The van der Waals surface area contributed by atoms with Gasteiger partial charge in [0.1, 0.15) is 9.79 Å². The van der Waals surface area contributed by atoms with Gasteiger partial charge in [-0.3, -0.25) is 13.5 Å². The van der Waals surface area contributed by atoms with Crippen molar-refractivity contribution in [3.63, 3.8) is 0 Å². The van der Waals surface area contributed by atoms with E-state index in [9.17, 15) is 26.2 Å². The van der Waals surface area contributed by atoms with Crippen LogP contribution in [0, 0.1) is 0 Å². The monoisotopic (exact) mass is 372 g/mol. The maximum atomic E-state index is 12.4. The Bertz CT molecular complexity index is 976. The minimum atomic E-state index is -4.80. The van der Waals surface area contributed by atoms with Crippen LogP contribution in [0.5, 0.6) is 0 Å². The second-order valence-corrected chi connectivity index (χ2v) is 8.03. The van der Waals surface area contributed by atoms with Gasteiger partial charge < -0.3 is 0 Å². The van der Waals surface area contributed by atoms with E-state index in [2.05, 4.69) is 0 Å². The Balaban J connectivity index is 2.82. The van der Waals surface area contributed by atoms with Crippen molar-refractivity contribution >= 4 is 37.3 Å². The van der Waals surface area contributed by atoms with Crippen molar-refractivity contribution in [1.29, 1.82) is 0 Å². The molecule has 0 atom stereocenters. The number of benzene rings is 2. The zero-order valence-corrected chi connectivity index (χ0v) is 14.4. The third-order valence-corrected chi connectivity index (χ3v) is 5.66. The molecule has 0 aliphatic heterocycles. The van der Waals surface area contributed by atoms with E-state index in [1.54, 1.807) is 6.07 Å². The van der Waals surface area contributed by atoms with Gasteiger partial charge in [-0.2, -0.15) is 16.8 Å². The average Bonchev–Trinajstić information content (AvgIpc) is 2.52. The lowest BCUT2D eigenvalue weighted by molar-refractivity contribution is 0.112. The van der Waals surface area contributed by atoms with Crippen LogP contribution in [-0.2, 0) is 24.4 Å². The number of hydrogen-bond donors (Lipinski definition) is 1. The molecule has 0 amide bonds. The van der Waals surface area contributed by atoms with Crippen molar-refractivity contribution < 1.29 is 30.4 Å². The lowest BCUT2D eigenvalue weighted by Gasteiger charge is -2.12. The molecule has 0 aliphatic carbocycles. The first kappa shape index (κ1) is 18.5. The zero-order chi connectivity index (χ0) is 18.0. The normalized spacial score (nSPS) is 12.4. The standard InChI is InChI=1S/C15H16O7S2/c1-2-3-8-22-24(20,21)15-9-14(23(17,18)19)13(10-16)11-6-4-5-7-12(11)15/h4-7,9-10H,2-3,8H2,1H3,(H,17,18,19). The predicted octanol–water partition coefficient (Wildman–Crippen LogP) is 2.40. The maximum Gasteiger partial charge on any atom is 0.297 e. The third-order valence-electron chi connectivity index (χ3n) is 3.41. The number of rotatable bonds is 7. The van der Waals surface area contributed by atoms with E-state index in [4.69, 9.17) is 4.18 Å². The number of fused-ring (bicyclic) bond motifs is 1. The highest BCUT2D eigenvalue weighted by Crippen LogP contribution is 2.31. The molecule has 0 aliphatic rings. The summed E-state index contributed by atoms with van der Waals surface area (Å²) in [6, 6.07) is 6.67.